The van der Waals surface area contributed by atoms with E-state index in [9.17, 15) is 9.59 Å². The third-order valence-corrected chi connectivity index (χ3v) is 3.46. The summed E-state index contributed by atoms with van der Waals surface area (Å²) in [6.45, 7) is 1.96. The normalized spacial score (nSPS) is 10.2. The Morgan fingerprint density at radius 3 is 2.30 bits per heavy atom. The summed E-state index contributed by atoms with van der Waals surface area (Å²) in [6, 6.07) is 13.9. The lowest BCUT2D eigenvalue weighted by atomic mass is 10.1. The maximum atomic E-state index is 11.8. The van der Waals surface area contributed by atoms with Gasteiger partial charge in [0.25, 0.3) is 0 Å². The smallest absolute Gasteiger partial charge is 0.224 e. The number of benzene rings is 2. The van der Waals surface area contributed by atoms with Crippen molar-refractivity contribution in [1.29, 1.82) is 0 Å². The second-order valence-electron chi connectivity index (χ2n) is 5.09. The highest BCUT2D eigenvalue weighted by molar-refractivity contribution is 6.30. The Balaban J connectivity index is 1.69. The molecule has 1 amide bonds. The molecule has 0 atom stereocenters. The topological polar surface area (TPSA) is 55.4 Å². The zero-order valence-electron chi connectivity index (χ0n) is 12.8. The lowest BCUT2D eigenvalue weighted by Gasteiger charge is -2.07. The molecule has 0 spiro atoms. The minimum absolute atomic E-state index is 0.0235. The molecule has 0 fully saturated rings. The van der Waals surface area contributed by atoms with E-state index in [1.54, 1.807) is 48.5 Å². The van der Waals surface area contributed by atoms with Gasteiger partial charge < -0.3 is 10.1 Å². The van der Waals surface area contributed by atoms with Crippen molar-refractivity contribution in [3.8, 4) is 5.75 Å². The number of Topliss-reactive ketones (excluding diaryl/α,β-unsaturated/α-hetero) is 1. The van der Waals surface area contributed by atoms with Crippen molar-refractivity contribution in [3.63, 3.8) is 0 Å². The number of amides is 1. The molecule has 0 bridgehead atoms. The monoisotopic (exact) mass is 331 g/mol. The summed E-state index contributed by atoms with van der Waals surface area (Å²) in [4.78, 5) is 23.0. The molecule has 120 valence electrons. The quantitative estimate of drug-likeness (QED) is 0.606. The van der Waals surface area contributed by atoms with E-state index in [1.165, 1.54) is 6.92 Å². The molecular weight excluding hydrogens is 314 g/mol. The highest BCUT2D eigenvalue weighted by atomic mass is 35.5. The van der Waals surface area contributed by atoms with Crippen molar-refractivity contribution in [3.05, 3.63) is 59.1 Å². The van der Waals surface area contributed by atoms with Crippen LogP contribution in [0.1, 0.15) is 30.1 Å². The fourth-order valence-electron chi connectivity index (χ4n) is 1.97. The van der Waals surface area contributed by atoms with Gasteiger partial charge in [-0.1, -0.05) is 11.6 Å². The lowest BCUT2D eigenvalue weighted by molar-refractivity contribution is -0.116. The molecular formula is C18H18ClNO3. The third-order valence-electron chi connectivity index (χ3n) is 3.21. The predicted octanol–water partition coefficient (Wildman–Crippen LogP) is 4.34. The number of ether oxygens (including phenoxy) is 1. The van der Waals surface area contributed by atoms with Crippen molar-refractivity contribution in [2.75, 3.05) is 11.9 Å². The molecule has 0 radical (unpaired) electrons. The summed E-state index contributed by atoms with van der Waals surface area (Å²) in [5.41, 5.74) is 1.37. The number of nitrogens with one attached hydrogen (secondary N) is 1. The van der Waals surface area contributed by atoms with Crippen LogP contribution < -0.4 is 10.1 Å². The van der Waals surface area contributed by atoms with Crippen LogP contribution in [0.5, 0.6) is 5.75 Å². The number of ketones is 1. The van der Waals surface area contributed by atoms with Gasteiger partial charge in [-0.15, -0.1) is 0 Å². The second kappa shape index (κ2) is 8.34. The first kappa shape index (κ1) is 17.0. The minimum atomic E-state index is -0.0668. The molecule has 0 heterocycles. The van der Waals surface area contributed by atoms with Crippen molar-refractivity contribution in [2.45, 2.75) is 19.8 Å². The van der Waals surface area contributed by atoms with Crippen molar-refractivity contribution >= 4 is 29.0 Å². The molecule has 5 heteroatoms. The maximum Gasteiger partial charge on any atom is 0.224 e. The Morgan fingerprint density at radius 1 is 1.04 bits per heavy atom. The molecule has 0 saturated carbocycles. The zero-order chi connectivity index (χ0) is 16.7. The molecule has 2 aromatic rings. The largest absolute Gasteiger partial charge is 0.494 e. The molecule has 0 saturated heterocycles. The first-order valence-corrected chi connectivity index (χ1v) is 7.71. The van der Waals surface area contributed by atoms with E-state index in [4.69, 9.17) is 16.3 Å². The number of carbonyl (C=O) groups excluding carboxylic acids is 2. The van der Waals surface area contributed by atoms with Crippen molar-refractivity contribution in [1.82, 2.24) is 0 Å². The SMILES string of the molecule is CC(=O)c1ccc(OCCCC(=O)Nc2ccc(Cl)cc2)cc1. The fourth-order valence-corrected chi connectivity index (χ4v) is 2.09. The molecule has 0 aliphatic heterocycles. The summed E-state index contributed by atoms with van der Waals surface area (Å²) < 4.78 is 5.55. The molecule has 0 aliphatic rings. The molecule has 4 nitrogen and oxygen atoms in total. The van der Waals surface area contributed by atoms with Crippen LogP contribution in [-0.2, 0) is 4.79 Å². The number of carbonyl (C=O) groups is 2. The minimum Gasteiger partial charge on any atom is -0.494 e. The first-order valence-electron chi connectivity index (χ1n) is 7.34. The summed E-state index contributed by atoms with van der Waals surface area (Å²) in [5, 5.41) is 3.43. The van der Waals surface area contributed by atoms with Crippen LogP contribution in [0.15, 0.2) is 48.5 Å². The number of hydrogen-bond acceptors (Lipinski definition) is 3. The van der Waals surface area contributed by atoms with Crippen molar-refractivity contribution in [2.24, 2.45) is 0 Å². The fraction of sp³-hybridized carbons (Fsp3) is 0.222. The van der Waals surface area contributed by atoms with E-state index in [-0.39, 0.29) is 11.7 Å². The summed E-state index contributed by atoms with van der Waals surface area (Å²) in [5.74, 6) is 0.645. The van der Waals surface area contributed by atoms with Crippen molar-refractivity contribution < 1.29 is 14.3 Å². The van der Waals surface area contributed by atoms with E-state index in [1.807, 2.05) is 0 Å². The highest BCUT2D eigenvalue weighted by Crippen LogP contribution is 2.15. The number of halogens is 1. The van der Waals surface area contributed by atoms with Crippen LogP contribution in [0.3, 0.4) is 0 Å². The Labute approximate surface area is 140 Å². The molecule has 1 N–H and O–H groups in total. The van der Waals surface area contributed by atoms with Gasteiger partial charge in [0.2, 0.25) is 5.91 Å². The van der Waals surface area contributed by atoms with Gasteiger partial charge >= 0.3 is 0 Å². The lowest BCUT2D eigenvalue weighted by Crippen LogP contribution is -2.12. The van der Waals surface area contributed by atoms with E-state index in [0.29, 0.717) is 35.8 Å². The average Bonchev–Trinajstić information content (AvgIpc) is 2.54. The average molecular weight is 332 g/mol. The van der Waals surface area contributed by atoms with Crippen LogP contribution >= 0.6 is 11.6 Å². The van der Waals surface area contributed by atoms with E-state index < -0.39 is 0 Å². The zero-order valence-corrected chi connectivity index (χ0v) is 13.6. The first-order chi connectivity index (χ1) is 11.0. The van der Waals surface area contributed by atoms with E-state index >= 15 is 0 Å². The van der Waals surface area contributed by atoms with Crippen LogP contribution in [0.4, 0.5) is 5.69 Å². The molecule has 23 heavy (non-hydrogen) atoms. The molecule has 2 rings (SSSR count). The van der Waals surface area contributed by atoms with Gasteiger partial charge in [0.15, 0.2) is 5.78 Å². The number of anilines is 1. The molecule has 0 unspecified atom stereocenters. The van der Waals surface area contributed by atoms with Crippen LogP contribution in [0.25, 0.3) is 0 Å². The molecule has 0 aromatic heterocycles. The maximum absolute atomic E-state index is 11.8. The van der Waals surface area contributed by atoms with Gasteiger partial charge in [0.1, 0.15) is 5.75 Å². The predicted molar refractivity (Wildman–Crippen MR) is 91.3 cm³/mol. The van der Waals surface area contributed by atoms with Crippen LogP contribution in [0, 0.1) is 0 Å². The van der Waals surface area contributed by atoms with Gasteiger partial charge in [-0.05, 0) is 61.9 Å². The Hall–Kier alpha value is -2.33. The highest BCUT2D eigenvalue weighted by Gasteiger charge is 2.03. The van der Waals surface area contributed by atoms with Gasteiger partial charge in [-0.2, -0.15) is 0 Å². The molecule has 0 aliphatic carbocycles. The van der Waals surface area contributed by atoms with Crippen LogP contribution in [0.2, 0.25) is 5.02 Å². The second-order valence-corrected chi connectivity index (χ2v) is 5.52. The standard InChI is InChI=1S/C18H18ClNO3/c1-13(21)14-4-10-17(11-5-14)23-12-2-3-18(22)20-16-8-6-15(19)7-9-16/h4-11H,2-3,12H2,1H3,(H,20,22). The Bertz CT molecular complexity index is 666. The number of hydrogen-bond donors (Lipinski definition) is 1. The van der Waals surface area contributed by atoms with Gasteiger partial charge in [-0.25, -0.2) is 0 Å². The summed E-state index contributed by atoms with van der Waals surface area (Å²) >= 11 is 5.79. The van der Waals surface area contributed by atoms with Gasteiger partial charge in [-0.3, -0.25) is 9.59 Å². The van der Waals surface area contributed by atoms with E-state index in [2.05, 4.69) is 5.32 Å². The van der Waals surface area contributed by atoms with Gasteiger partial charge in [0.05, 0.1) is 6.61 Å². The van der Waals surface area contributed by atoms with E-state index in [0.717, 1.165) is 5.69 Å². The molecule has 2 aromatic carbocycles. The Kier molecular flexibility index (Phi) is 6.18. The third kappa shape index (κ3) is 5.75. The summed E-state index contributed by atoms with van der Waals surface area (Å²) in [7, 11) is 0. The number of rotatable bonds is 7. The van der Waals surface area contributed by atoms with Crippen LogP contribution in [-0.4, -0.2) is 18.3 Å². The summed E-state index contributed by atoms with van der Waals surface area (Å²) in [6.07, 6.45) is 0.974. The Morgan fingerprint density at radius 2 is 1.70 bits per heavy atom. The van der Waals surface area contributed by atoms with Gasteiger partial charge in [0, 0.05) is 22.7 Å².